The van der Waals surface area contributed by atoms with Crippen LogP contribution in [0, 0.1) is 34.6 Å². The summed E-state index contributed by atoms with van der Waals surface area (Å²) in [5.74, 6) is 7.57. The SMILES string of the molecule is CCCCCCc1ccc(-c2ccc(-c3cc(F)c(-c4cc5cc6c(C#C[Si](C(C)C)(C(C)C)C(C)C)c7cc8cc(-c9c(F)cc(-c%10ccc(-c%11ccc(CCCCCC)s%11)s%10)c%10n[se]nc9%10)sc8cc7c(C#C[Si](C(C)C)(C(C)C)C(C)C)c6cc5s4)c4n[se]nc34)s2)s1. The van der Waals surface area contributed by atoms with E-state index in [-0.39, 0.29) is 11.6 Å². The summed E-state index contributed by atoms with van der Waals surface area (Å²) >= 11 is 9.61. The minimum absolute atomic E-state index is 0.285. The van der Waals surface area contributed by atoms with Gasteiger partial charge in [0.15, 0.2) is 0 Å². The van der Waals surface area contributed by atoms with Gasteiger partial charge in [-0.2, -0.15) is 0 Å². The summed E-state index contributed by atoms with van der Waals surface area (Å²) in [6.45, 7) is 33.1. The van der Waals surface area contributed by atoms with Crippen molar-refractivity contribution in [3.8, 4) is 84.2 Å². The van der Waals surface area contributed by atoms with Gasteiger partial charge in [0.1, 0.15) is 0 Å². The molecule has 0 fully saturated rings. The number of aryl methyl sites for hydroxylation is 2. The van der Waals surface area contributed by atoms with Gasteiger partial charge in [-0.15, -0.1) is 0 Å². The van der Waals surface area contributed by atoms with Gasteiger partial charge in [-0.25, -0.2) is 0 Å². The fourth-order valence-electron chi connectivity index (χ4n) is 15.6. The Morgan fingerprint density at radius 2 is 0.719 bits per heavy atom. The standard InChI is InChI=1S/C80H84F2N4S6Se2Si2/c1-15-17-19-21-23-53-25-27-67(87-53)69-31-29-65(89-69)61-41-63(81)75(79-77(61)83-93-85-79)73-39-51-37-57-55(33-35-95(45(3)4,46(5)6)47(7)8)58-38-52-40-74(92-72(52)44-60(58)56(59(57)43-71(51)91-73)34-36-96(48(9)10,49(11)12)50(13)14)76-64(82)42-62(78-80(76)86-94-84-78)66-30-32-70(90-66)68-28-26-54(88-68)24-22-20-18-16-2/h25-32,37-50H,15-24H2,1-14H3. The first-order valence-electron chi connectivity index (χ1n) is 34.5. The van der Waals surface area contributed by atoms with Crippen LogP contribution in [0.1, 0.15) is 169 Å². The van der Waals surface area contributed by atoms with E-state index in [0.29, 0.717) is 55.4 Å². The molecule has 8 heterocycles. The Bertz CT molecular complexity index is 4720. The molecule has 0 saturated carbocycles. The molecule has 16 heteroatoms. The van der Waals surface area contributed by atoms with Crippen LogP contribution in [0.3, 0.4) is 0 Å². The zero-order chi connectivity index (χ0) is 67.5. The normalized spacial score (nSPS) is 12.6. The van der Waals surface area contributed by atoms with Gasteiger partial charge < -0.3 is 0 Å². The molecule has 494 valence electrons. The second kappa shape index (κ2) is 28.9. The van der Waals surface area contributed by atoms with E-state index in [1.807, 2.05) is 22.7 Å². The molecule has 4 nitrogen and oxygen atoms in total. The molecular weight excluding hydrogens is 1460 g/mol. The summed E-state index contributed by atoms with van der Waals surface area (Å²) in [6.07, 6.45) is 12.2. The molecule has 13 rings (SSSR count). The first-order valence-corrected chi connectivity index (χ1v) is 46.9. The zero-order valence-corrected chi connectivity index (χ0v) is 67.9. The molecule has 96 heavy (non-hydrogen) atoms. The molecule has 0 atom stereocenters. The van der Waals surface area contributed by atoms with Gasteiger partial charge >= 0.3 is 455 Å². The molecule has 0 aliphatic rings. The van der Waals surface area contributed by atoms with E-state index in [0.717, 1.165) is 107 Å². The fourth-order valence-corrected chi connectivity index (χ4v) is 35.0. The molecule has 0 aliphatic carbocycles. The summed E-state index contributed by atoms with van der Waals surface area (Å²) in [5.41, 5.74) is 18.4. The van der Waals surface area contributed by atoms with Crippen LogP contribution in [0.5, 0.6) is 0 Å². The Balaban J connectivity index is 0.978. The molecule has 0 spiro atoms. The number of rotatable bonds is 22. The molecule has 0 amide bonds. The maximum absolute atomic E-state index is 17.5. The molecule has 0 bridgehead atoms. The summed E-state index contributed by atoms with van der Waals surface area (Å²) in [5, 5.41) is 6.24. The van der Waals surface area contributed by atoms with Crippen LogP contribution < -0.4 is 0 Å². The van der Waals surface area contributed by atoms with E-state index in [2.05, 4.69) is 205 Å². The number of unbranched alkanes of at least 4 members (excludes halogenated alkanes) is 6. The Morgan fingerprint density at radius 3 is 1.09 bits per heavy atom. The predicted molar refractivity (Wildman–Crippen MR) is 428 cm³/mol. The first-order chi connectivity index (χ1) is 46.2. The van der Waals surface area contributed by atoms with Gasteiger partial charge in [0.05, 0.1) is 0 Å². The average Bonchev–Trinajstić information content (AvgIpc) is 1.39. The quantitative estimate of drug-likeness (QED) is 0.0294. The van der Waals surface area contributed by atoms with Crippen LogP contribution in [0.2, 0.25) is 33.2 Å². The Morgan fingerprint density at radius 1 is 0.375 bits per heavy atom. The van der Waals surface area contributed by atoms with Gasteiger partial charge in [0.25, 0.3) is 0 Å². The summed E-state index contributed by atoms with van der Waals surface area (Å²) in [7, 11) is -4.59. The molecule has 0 N–H and O–H groups in total. The molecule has 13 aromatic rings. The van der Waals surface area contributed by atoms with Crippen LogP contribution in [0.15, 0.2) is 97.1 Å². The Hall–Kier alpha value is -5.01. The molecule has 5 aromatic carbocycles. The van der Waals surface area contributed by atoms with Crippen LogP contribution in [-0.4, -0.2) is 62.0 Å². The van der Waals surface area contributed by atoms with Crippen molar-refractivity contribution >= 4 is 178 Å². The second-order valence-corrected chi connectivity index (χ2v) is 48.2. The maximum atomic E-state index is 17.5. The minimum atomic E-state index is -2.30. The van der Waals surface area contributed by atoms with Crippen LogP contribution in [0.25, 0.3) is 125 Å². The van der Waals surface area contributed by atoms with Gasteiger partial charge in [0.2, 0.25) is 0 Å². The third-order valence-corrected chi connectivity index (χ3v) is 42.5. The van der Waals surface area contributed by atoms with Gasteiger partial charge in [-0.3, -0.25) is 0 Å². The zero-order valence-electron chi connectivity index (χ0n) is 57.6. The van der Waals surface area contributed by atoms with Crippen molar-refractivity contribution in [2.75, 3.05) is 0 Å². The van der Waals surface area contributed by atoms with Crippen molar-refractivity contribution in [1.82, 2.24) is 15.9 Å². The van der Waals surface area contributed by atoms with E-state index < -0.39 is 46.1 Å². The molecule has 0 saturated heterocycles. The Kier molecular flexibility index (Phi) is 20.9. The number of hydrogen-bond acceptors (Lipinski definition) is 10. The Labute approximate surface area is 604 Å². The number of nitrogens with zero attached hydrogens (tertiary/aromatic N) is 4. The summed E-state index contributed by atoms with van der Waals surface area (Å²) < 4.78 is 57.2. The monoisotopic (exact) mass is 1550 g/mol. The average molecular weight is 1550 g/mol. The number of halogens is 2. The molecule has 0 aliphatic heterocycles. The van der Waals surface area contributed by atoms with Gasteiger partial charge in [0, 0.05) is 0 Å². The van der Waals surface area contributed by atoms with Gasteiger partial charge in [-0.1, -0.05) is 123 Å². The summed E-state index contributed by atoms with van der Waals surface area (Å²) in [6, 6.07) is 34.8. The van der Waals surface area contributed by atoms with E-state index in [1.54, 1.807) is 57.5 Å². The third-order valence-electron chi connectivity index (χ3n) is 20.5. The van der Waals surface area contributed by atoms with Crippen molar-refractivity contribution in [2.45, 2.75) is 194 Å². The third kappa shape index (κ3) is 12.9. The van der Waals surface area contributed by atoms with Crippen LogP contribution >= 0.6 is 68.0 Å². The predicted octanol–water partition coefficient (Wildman–Crippen LogP) is 26.3. The molecule has 0 radical (unpaired) electrons. The van der Waals surface area contributed by atoms with Gasteiger partial charge in [-0.05, 0) is 33.2 Å². The van der Waals surface area contributed by atoms with E-state index in [9.17, 15) is 0 Å². The second-order valence-electron chi connectivity index (χ2n) is 28.1. The van der Waals surface area contributed by atoms with E-state index in [1.165, 1.54) is 80.6 Å². The van der Waals surface area contributed by atoms with Crippen LogP contribution in [0.4, 0.5) is 8.78 Å². The van der Waals surface area contributed by atoms with Crippen molar-refractivity contribution < 1.29 is 8.78 Å². The van der Waals surface area contributed by atoms with Crippen molar-refractivity contribution in [3.05, 3.63) is 130 Å². The number of fused-ring (bicyclic) bond motifs is 6. The van der Waals surface area contributed by atoms with Crippen molar-refractivity contribution in [3.63, 3.8) is 0 Å². The van der Waals surface area contributed by atoms with Crippen molar-refractivity contribution in [1.29, 1.82) is 0 Å². The molecule has 8 aromatic heterocycles. The molecular formula is C80H84F2N4S6Se2Si2. The van der Waals surface area contributed by atoms with E-state index in [4.69, 9.17) is 15.9 Å². The topological polar surface area (TPSA) is 51.6 Å². The van der Waals surface area contributed by atoms with Crippen LogP contribution in [-0.2, 0) is 12.8 Å². The summed E-state index contributed by atoms with van der Waals surface area (Å²) in [4.78, 5) is 11.4. The number of thiophene rings is 6. The molecule has 0 unspecified atom stereocenters. The fraction of sp³-hybridized carbons (Fsp3) is 0.375. The number of benzene rings is 5. The van der Waals surface area contributed by atoms with Crippen molar-refractivity contribution in [2.24, 2.45) is 0 Å². The van der Waals surface area contributed by atoms with E-state index >= 15 is 8.78 Å². The number of hydrogen-bond donors (Lipinski definition) is 0. The first kappa shape index (κ1) is 69.5. The number of aromatic nitrogens is 4.